The first-order chi connectivity index (χ1) is 10.4. The number of aromatic amines is 1. The smallest absolute Gasteiger partial charge is 0.330 e. The van der Waals surface area contributed by atoms with E-state index in [4.69, 9.17) is 19.3 Å². The molecule has 2 saturated heterocycles. The SMILES string of the molecule is CC1(C)O[C@@H]2[C@H](O1)[C@@H](CCCO)O[C@H]2n1ccc(=O)[nH]c1=O. The van der Waals surface area contributed by atoms with Crippen LogP contribution in [0.3, 0.4) is 0 Å². The molecule has 0 aromatic carbocycles. The Labute approximate surface area is 126 Å². The first kappa shape index (κ1) is 15.4. The van der Waals surface area contributed by atoms with Gasteiger partial charge in [-0.15, -0.1) is 0 Å². The number of aromatic nitrogens is 2. The predicted octanol–water partition coefficient (Wildman–Crippen LogP) is -0.273. The summed E-state index contributed by atoms with van der Waals surface area (Å²) in [6.07, 6.45) is 0.873. The van der Waals surface area contributed by atoms with Crippen LogP contribution in [-0.2, 0) is 14.2 Å². The zero-order valence-electron chi connectivity index (χ0n) is 12.5. The number of aliphatic hydroxyl groups excluding tert-OH is 1. The minimum Gasteiger partial charge on any atom is -0.396 e. The Morgan fingerprint density at radius 1 is 1.32 bits per heavy atom. The third-order valence-electron chi connectivity index (χ3n) is 3.90. The molecule has 22 heavy (non-hydrogen) atoms. The van der Waals surface area contributed by atoms with Gasteiger partial charge in [-0.1, -0.05) is 0 Å². The Morgan fingerprint density at radius 3 is 2.73 bits per heavy atom. The molecule has 122 valence electrons. The maximum atomic E-state index is 12.0. The molecule has 4 atom stereocenters. The van der Waals surface area contributed by atoms with Gasteiger partial charge in [0.05, 0.1) is 6.10 Å². The molecule has 8 heteroatoms. The molecule has 0 bridgehead atoms. The average Bonchev–Trinajstić information content (AvgIpc) is 2.91. The molecule has 0 radical (unpaired) electrons. The first-order valence-corrected chi connectivity index (χ1v) is 7.35. The third kappa shape index (κ3) is 2.74. The summed E-state index contributed by atoms with van der Waals surface area (Å²) in [5.41, 5.74) is -1.01. The van der Waals surface area contributed by atoms with Crippen LogP contribution >= 0.6 is 0 Å². The summed E-state index contributed by atoms with van der Waals surface area (Å²) in [6, 6.07) is 1.27. The minimum absolute atomic E-state index is 0.0603. The molecule has 3 rings (SSSR count). The molecule has 8 nitrogen and oxygen atoms in total. The van der Waals surface area contributed by atoms with Gasteiger partial charge in [0.2, 0.25) is 0 Å². The summed E-state index contributed by atoms with van der Waals surface area (Å²) >= 11 is 0. The molecule has 2 aliphatic rings. The number of rotatable bonds is 4. The van der Waals surface area contributed by atoms with Crippen molar-refractivity contribution in [2.75, 3.05) is 6.61 Å². The van der Waals surface area contributed by atoms with Crippen LogP contribution in [0.1, 0.15) is 32.9 Å². The second-order valence-corrected chi connectivity index (χ2v) is 6.01. The van der Waals surface area contributed by atoms with E-state index in [9.17, 15) is 9.59 Å². The van der Waals surface area contributed by atoms with Crippen LogP contribution in [-0.4, -0.2) is 45.4 Å². The van der Waals surface area contributed by atoms with Crippen molar-refractivity contribution < 1.29 is 19.3 Å². The van der Waals surface area contributed by atoms with Crippen LogP contribution in [0.4, 0.5) is 0 Å². The molecule has 1 aromatic heterocycles. The Hall–Kier alpha value is -1.48. The number of ether oxygens (including phenoxy) is 3. The Kier molecular flexibility index (Phi) is 3.94. The lowest BCUT2D eigenvalue weighted by Crippen LogP contribution is -2.37. The quantitative estimate of drug-likeness (QED) is 0.793. The van der Waals surface area contributed by atoms with Gasteiger partial charge in [0.1, 0.15) is 12.2 Å². The Morgan fingerprint density at radius 2 is 2.05 bits per heavy atom. The van der Waals surface area contributed by atoms with E-state index in [1.54, 1.807) is 13.8 Å². The number of hydrogen-bond acceptors (Lipinski definition) is 6. The van der Waals surface area contributed by atoms with Crippen LogP contribution in [0, 0.1) is 0 Å². The lowest BCUT2D eigenvalue weighted by atomic mass is 10.1. The van der Waals surface area contributed by atoms with Crippen molar-refractivity contribution in [2.45, 2.75) is 57.0 Å². The topological polar surface area (TPSA) is 103 Å². The van der Waals surface area contributed by atoms with Gasteiger partial charge in [0.15, 0.2) is 12.0 Å². The lowest BCUT2D eigenvalue weighted by Gasteiger charge is -2.24. The molecule has 0 aliphatic carbocycles. The molecule has 3 heterocycles. The molecule has 0 spiro atoms. The summed E-state index contributed by atoms with van der Waals surface area (Å²) in [5.74, 6) is -0.763. The van der Waals surface area contributed by atoms with E-state index in [0.29, 0.717) is 12.8 Å². The van der Waals surface area contributed by atoms with Gasteiger partial charge in [-0.05, 0) is 26.7 Å². The van der Waals surface area contributed by atoms with Crippen molar-refractivity contribution in [3.05, 3.63) is 33.1 Å². The summed E-state index contributed by atoms with van der Waals surface area (Å²) < 4.78 is 19.0. The van der Waals surface area contributed by atoms with E-state index in [0.717, 1.165) is 0 Å². The van der Waals surface area contributed by atoms with E-state index in [2.05, 4.69) is 4.98 Å². The van der Waals surface area contributed by atoms with Gasteiger partial charge < -0.3 is 19.3 Å². The second kappa shape index (κ2) is 5.62. The van der Waals surface area contributed by atoms with E-state index in [1.165, 1.54) is 16.8 Å². The molecule has 0 unspecified atom stereocenters. The van der Waals surface area contributed by atoms with E-state index in [-0.39, 0.29) is 18.8 Å². The highest BCUT2D eigenvalue weighted by molar-refractivity contribution is 4.98. The normalized spacial score (nSPS) is 33.0. The Balaban J connectivity index is 1.91. The first-order valence-electron chi connectivity index (χ1n) is 7.35. The van der Waals surface area contributed by atoms with E-state index < -0.39 is 29.4 Å². The molecule has 0 saturated carbocycles. The highest BCUT2D eigenvalue weighted by Gasteiger charge is 2.55. The van der Waals surface area contributed by atoms with Crippen LogP contribution < -0.4 is 11.2 Å². The fourth-order valence-corrected chi connectivity index (χ4v) is 3.04. The largest absolute Gasteiger partial charge is 0.396 e. The monoisotopic (exact) mass is 312 g/mol. The summed E-state index contributed by atoms with van der Waals surface area (Å²) in [5, 5.41) is 9.00. The molecule has 2 N–H and O–H groups in total. The third-order valence-corrected chi connectivity index (χ3v) is 3.90. The van der Waals surface area contributed by atoms with Gasteiger partial charge in [0.25, 0.3) is 5.56 Å². The van der Waals surface area contributed by atoms with Gasteiger partial charge in [0, 0.05) is 18.9 Å². The van der Waals surface area contributed by atoms with Gasteiger partial charge in [-0.3, -0.25) is 14.3 Å². The fraction of sp³-hybridized carbons (Fsp3) is 0.714. The van der Waals surface area contributed by atoms with Crippen LogP contribution in [0.2, 0.25) is 0 Å². The lowest BCUT2D eigenvalue weighted by molar-refractivity contribution is -0.198. The summed E-state index contributed by atoms with van der Waals surface area (Å²) in [7, 11) is 0. The number of aliphatic hydroxyl groups is 1. The van der Waals surface area contributed by atoms with Crippen molar-refractivity contribution in [3.8, 4) is 0 Å². The predicted molar refractivity (Wildman–Crippen MR) is 75.4 cm³/mol. The number of hydrogen-bond donors (Lipinski definition) is 2. The van der Waals surface area contributed by atoms with E-state index in [1.807, 2.05) is 0 Å². The van der Waals surface area contributed by atoms with Crippen molar-refractivity contribution in [1.29, 1.82) is 0 Å². The average molecular weight is 312 g/mol. The van der Waals surface area contributed by atoms with Crippen molar-refractivity contribution >= 4 is 0 Å². The molecule has 2 fully saturated rings. The van der Waals surface area contributed by atoms with Crippen LogP contribution in [0.5, 0.6) is 0 Å². The fourth-order valence-electron chi connectivity index (χ4n) is 3.04. The summed E-state index contributed by atoms with van der Waals surface area (Å²) in [4.78, 5) is 25.4. The zero-order valence-corrected chi connectivity index (χ0v) is 12.5. The van der Waals surface area contributed by atoms with Crippen LogP contribution in [0.15, 0.2) is 21.9 Å². The van der Waals surface area contributed by atoms with Gasteiger partial charge >= 0.3 is 5.69 Å². The maximum Gasteiger partial charge on any atom is 0.330 e. The summed E-state index contributed by atoms with van der Waals surface area (Å²) in [6.45, 7) is 3.67. The standard InChI is InChI=1S/C14H20N2O6/c1-14(2)21-10-8(4-3-7-17)20-12(11(10)22-14)16-6-5-9(18)15-13(16)19/h5-6,8,10-12,17H,3-4,7H2,1-2H3,(H,15,18,19)/t8-,10-,11-,12-/m1/s1. The molecule has 0 amide bonds. The van der Waals surface area contributed by atoms with Crippen molar-refractivity contribution in [1.82, 2.24) is 9.55 Å². The number of H-pyrrole nitrogens is 1. The van der Waals surface area contributed by atoms with Crippen molar-refractivity contribution in [2.24, 2.45) is 0 Å². The highest BCUT2D eigenvalue weighted by Crippen LogP contribution is 2.43. The maximum absolute atomic E-state index is 12.0. The van der Waals surface area contributed by atoms with Gasteiger partial charge in [-0.25, -0.2) is 4.79 Å². The van der Waals surface area contributed by atoms with Crippen LogP contribution in [0.25, 0.3) is 0 Å². The zero-order chi connectivity index (χ0) is 15.9. The number of fused-ring (bicyclic) bond motifs is 1. The molecular formula is C14H20N2O6. The molecule has 2 aliphatic heterocycles. The minimum atomic E-state index is -0.763. The number of nitrogens with zero attached hydrogens (tertiary/aromatic N) is 1. The molecule has 1 aromatic rings. The van der Waals surface area contributed by atoms with E-state index >= 15 is 0 Å². The van der Waals surface area contributed by atoms with Gasteiger partial charge in [-0.2, -0.15) is 0 Å². The highest BCUT2D eigenvalue weighted by atomic mass is 16.8. The van der Waals surface area contributed by atoms with Crippen molar-refractivity contribution in [3.63, 3.8) is 0 Å². The number of nitrogens with one attached hydrogen (secondary N) is 1. The molecular weight excluding hydrogens is 292 g/mol. The Bertz CT molecular complexity index is 651. The second-order valence-electron chi connectivity index (χ2n) is 6.01.